The van der Waals surface area contributed by atoms with Crippen LogP contribution in [0.3, 0.4) is 0 Å². The zero-order valence-corrected chi connectivity index (χ0v) is 12.9. The van der Waals surface area contributed by atoms with Gasteiger partial charge in [-0.2, -0.15) is 0 Å². The highest BCUT2D eigenvalue weighted by atomic mass is 16.4. The number of aliphatic carboxylic acids is 1. The molecule has 122 valence electrons. The van der Waals surface area contributed by atoms with E-state index in [4.69, 9.17) is 5.11 Å². The highest BCUT2D eigenvalue weighted by Gasteiger charge is 2.56. The van der Waals surface area contributed by atoms with Crippen molar-refractivity contribution in [2.45, 2.75) is 45.2 Å². The van der Waals surface area contributed by atoms with Gasteiger partial charge in [-0.3, -0.25) is 14.5 Å². The van der Waals surface area contributed by atoms with Gasteiger partial charge in [0.05, 0.1) is 0 Å². The third-order valence-corrected chi connectivity index (χ3v) is 4.25. The standard InChI is InChI=1S/C14H21N3O5/c1-7(2)10(11(19)20)15-9(18)6-17-12(21)14(3,8-4-5-8)16-13(17)22/h7-8,10H,4-6H2,1-3H3,(H,15,18)(H,16,22)(H,19,20)/t10-,14?/m0/s1. The first kappa shape index (κ1) is 16.3. The van der Waals surface area contributed by atoms with Crippen LogP contribution in [0.4, 0.5) is 4.79 Å². The molecule has 2 rings (SSSR count). The van der Waals surface area contributed by atoms with Gasteiger partial charge in [0.2, 0.25) is 5.91 Å². The summed E-state index contributed by atoms with van der Waals surface area (Å²) >= 11 is 0. The van der Waals surface area contributed by atoms with Crippen LogP contribution in [0.5, 0.6) is 0 Å². The van der Waals surface area contributed by atoms with Gasteiger partial charge in [-0.25, -0.2) is 9.59 Å². The van der Waals surface area contributed by atoms with E-state index in [0.29, 0.717) is 0 Å². The summed E-state index contributed by atoms with van der Waals surface area (Å²) in [6.45, 7) is 4.52. The van der Waals surface area contributed by atoms with Crippen molar-refractivity contribution in [1.82, 2.24) is 15.5 Å². The quantitative estimate of drug-likeness (QED) is 0.594. The Kier molecular flexibility index (Phi) is 4.12. The van der Waals surface area contributed by atoms with Crippen LogP contribution in [-0.4, -0.2) is 51.9 Å². The molecular formula is C14H21N3O5. The van der Waals surface area contributed by atoms with Crippen molar-refractivity contribution in [2.24, 2.45) is 11.8 Å². The second kappa shape index (κ2) is 5.58. The molecule has 1 aliphatic carbocycles. The molecule has 8 heteroatoms. The second-order valence-electron chi connectivity index (χ2n) is 6.43. The molecule has 2 aliphatic rings. The van der Waals surface area contributed by atoms with Crippen LogP contribution in [0.25, 0.3) is 0 Å². The number of carbonyl (C=O) groups excluding carboxylic acids is 3. The van der Waals surface area contributed by atoms with E-state index in [-0.39, 0.29) is 11.8 Å². The van der Waals surface area contributed by atoms with Gasteiger partial charge < -0.3 is 15.7 Å². The maximum atomic E-state index is 12.4. The Morgan fingerprint density at radius 2 is 2.00 bits per heavy atom. The third kappa shape index (κ3) is 2.90. The van der Waals surface area contributed by atoms with Gasteiger partial charge in [0.25, 0.3) is 5.91 Å². The van der Waals surface area contributed by atoms with Crippen molar-refractivity contribution in [3.63, 3.8) is 0 Å². The van der Waals surface area contributed by atoms with Crippen LogP contribution in [0.1, 0.15) is 33.6 Å². The number of hydrogen-bond donors (Lipinski definition) is 3. The predicted molar refractivity (Wildman–Crippen MR) is 75.8 cm³/mol. The lowest BCUT2D eigenvalue weighted by Gasteiger charge is -2.22. The Bertz CT molecular complexity index is 529. The van der Waals surface area contributed by atoms with Crippen molar-refractivity contribution in [3.05, 3.63) is 0 Å². The first-order chi connectivity index (χ1) is 10.2. The highest BCUT2D eigenvalue weighted by Crippen LogP contribution is 2.42. The summed E-state index contributed by atoms with van der Waals surface area (Å²) in [6, 6.07) is -1.66. The van der Waals surface area contributed by atoms with E-state index in [9.17, 15) is 19.2 Å². The Morgan fingerprint density at radius 1 is 1.41 bits per heavy atom. The number of nitrogens with zero attached hydrogens (tertiary/aromatic N) is 1. The predicted octanol–water partition coefficient (Wildman–Crippen LogP) is -0.0677. The lowest BCUT2D eigenvalue weighted by molar-refractivity contribution is -0.143. The fraction of sp³-hybridized carbons (Fsp3) is 0.714. The highest BCUT2D eigenvalue weighted by molar-refractivity contribution is 6.09. The summed E-state index contributed by atoms with van der Waals surface area (Å²) in [5, 5.41) is 14.0. The number of nitrogens with one attached hydrogen (secondary N) is 2. The Labute approximate surface area is 128 Å². The Balaban J connectivity index is 2.01. The van der Waals surface area contributed by atoms with Gasteiger partial charge in [-0.05, 0) is 31.6 Å². The van der Waals surface area contributed by atoms with Crippen LogP contribution in [-0.2, 0) is 14.4 Å². The molecule has 8 nitrogen and oxygen atoms in total. The van der Waals surface area contributed by atoms with Gasteiger partial charge in [0.1, 0.15) is 18.1 Å². The molecule has 1 heterocycles. The molecule has 2 atom stereocenters. The van der Waals surface area contributed by atoms with Crippen molar-refractivity contribution < 1.29 is 24.3 Å². The van der Waals surface area contributed by atoms with Crippen LogP contribution in [0, 0.1) is 11.8 Å². The monoisotopic (exact) mass is 311 g/mol. The maximum Gasteiger partial charge on any atom is 0.326 e. The number of carboxylic acid groups (broad SMARTS) is 1. The van der Waals surface area contributed by atoms with Gasteiger partial charge >= 0.3 is 12.0 Å². The average Bonchev–Trinajstić information content (AvgIpc) is 3.22. The minimum atomic E-state index is -1.15. The molecule has 0 aromatic rings. The molecule has 4 amide bonds. The topological polar surface area (TPSA) is 116 Å². The van der Waals surface area contributed by atoms with Crippen LogP contribution in [0.15, 0.2) is 0 Å². The summed E-state index contributed by atoms with van der Waals surface area (Å²) in [4.78, 5) is 48.2. The SMILES string of the molecule is CC(C)[C@H](NC(=O)CN1C(=O)NC(C)(C2CC2)C1=O)C(=O)O. The van der Waals surface area contributed by atoms with Crippen LogP contribution >= 0.6 is 0 Å². The summed E-state index contributed by atoms with van der Waals surface area (Å²) in [6.07, 6.45) is 1.74. The first-order valence-corrected chi connectivity index (χ1v) is 7.33. The molecule has 0 aromatic carbocycles. The smallest absolute Gasteiger partial charge is 0.326 e. The van der Waals surface area contributed by atoms with Gasteiger partial charge in [0.15, 0.2) is 0 Å². The van der Waals surface area contributed by atoms with Crippen molar-refractivity contribution in [3.8, 4) is 0 Å². The Morgan fingerprint density at radius 3 is 2.45 bits per heavy atom. The number of rotatable bonds is 6. The average molecular weight is 311 g/mol. The third-order valence-electron chi connectivity index (χ3n) is 4.25. The molecule has 1 unspecified atom stereocenters. The molecule has 1 saturated heterocycles. The van der Waals surface area contributed by atoms with Gasteiger partial charge in [-0.15, -0.1) is 0 Å². The van der Waals surface area contributed by atoms with E-state index >= 15 is 0 Å². The molecule has 22 heavy (non-hydrogen) atoms. The van der Waals surface area contributed by atoms with E-state index in [2.05, 4.69) is 10.6 Å². The molecule has 2 fully saturated rings. The zero-order valence-electron chi connectivity index (χ0n) is 12.9. The van der Waals surface area contributed by atoms with Crippen molar-refractivity contribution in [1.29, 1.82) is 0 Å². The Hall–Kier alpha value is -2.12. The van der Waals surface area contributed by atoms with E-state index in [0.717, 1.165) is 17.7 Å². The largest absolute Gasteiger partial charge is 0.480 e. The summed E-state index contributed by atoms with van der Waals surface area (Å²) in [5.41, 5.74) is -0.943. The van der Waals surface area contributed by atoms with Crippen LogP contribution < -0.4 is 10.6 Å². The van der Waals surface area contributed by atoms with Gasteiger partial charge in [-0.1, -0.05) is 13.8 Å². The van der Waals surface area contributed by atoms with Crippen molar-refractivity contribution >= 4 is 23.8 Å². The number of amides is 4. The van der Waals surface area contributed by atoms with Crippen LogP contribution in [0.2, 0.25) is 0 Å². The first-order valence-electron chi connectivity index (χ1n) is 7.33. The van der Waals surface area contributed by atoms with E-state index in [1.165, 1.54) is 0 Å². The summed E-state index contributed by atoms with van der Waals surface area (Å²) in [5.74, 6) is -2.43. The number of urea groups is 1. The second-order valence-corrected chi connectivity index (χ2v) is 6.43. The van der Waals surface area contributed by atoms with Gasteiger partial charge in [0, 0.05) is 0 Å². The zero-order chi connectivity index (χ0) is 16.7. The molecular weight excluding hydrogens is 290 g/mol. The number of hydrogen-bond acceptors (Lipinski definition) is 4. The number of imide groups is 1. The number of carbonyl (C=O) groups is 4. The van der Waals surface area contributed by atoms with Crippen molar-refractivity contribution in [2.75, 3.05) is 6.54 Å². The minimum Gasteiger partial charge on any atom is -0.480 e. The normalized spacial score (nSPS) is 26.1. The summed E-state index contributed by atoms with van der Waals surface area (Å²) < 4.78 is 0. The molecule has 1 saturated carbocycles. The lowest BCUT2D eigenvalue weighted by atomic mass is 9.96. The maximum absolute atomic E-state index is 12.4. The molecule has 3 N–H and O–H groups in total. The fourth-order valence-corrected chi connectivity index (χ4v) is 2.67. The fourth-order valence-electron chi connectivity index (χ4n) is 2.67. The minimum absolute atomic E-state index is 0.111. The summed E-state index contributed by atoms with van der Waals surface area (Å²) in [7, 11) is 0. The molecule has 0 spiro atoms. The molecule has 0 radical (unpaired) electrons. The molecule has 0 bridgehead atoms. The van der Waals surface area contributed by atoms with E-state index < -0.39 is 41.9 Å². The van der Waals surface area contributed by atoms with E-state index in [1.54, 1.807) is 20.8 Å². The number of carboxylic acids is 1. The van der Waals surface area contributed by atoms with E-state index in [1.807, 2.05) is 0 Å². The molecule has 0 aromatic heterocycles. The molecule has 1 aliphatic heterocycles. The lowest BCUT2D eigenvalue weighted by Crippen LogP contribution is -2.50.